The van der Waals surface area contributed by atoms with Crippen molar-refractivity contribution in [1.29, 1.82) is 0 Å². The van der Waals surface area contributed by atoms with Crippen LogP contribution in [0.25, 0.3) is 10.2 Å². The number of nitrogens with two attached hydrogens (primary N) is 1. The minimum Gasteiger partial charge on any atom is -0.383 e. The van der Waals surface area contributed by atoms with Crippen LogP contribution in [0.4, 0.5) is 17.5 Å². The molecule has 0 radical (unpaired) electrons. The molecule has 1 fully saturated rings. The maximum atomic E-state index is 11.9. The van der Waals surface area contributed by atoms with Crippen LogP contribution in [0.1, 0.15) is 30.7 Å². The first kappa shape index (κ1) is 16.5. The third-order valence-electron chi connectivity index (χ3n) is 5.57. The zero-order valence-electron chi connectivity index (χ0n) is 15.0. The van der Waals surface area contributed by atoms with Gasteiger partial charge in [0.05, 0.1) is 5.39 Å². The van der Waals surface area contributed by atoms with E-state index in [0.29, 0.717) is 24.1 Å². The zero-order chi connectivity index (χ0) is 18.4. The Morgan fingerprint density at radius 2 is 2.11 bits per heavy atom. The third-order valence-corrected chi connectivity index (χ3v) is 6.38. The van der Waals surface area contributed by atoms with Crippen molar-refractivity contribution in [2.24, 2.45) is 0 Å². The highest BCUT2D eigenvalue weighted by Gasteiger charge is 2.32. The molecule has 2 aliphatic rings. The molecule has 6 nitrogen and oxygen atoms in total. The van der Waals surface area contributed by atoms with Gasteiger partial charge < -0.3 is 15.5 Å². The number of likely N-dealkylation sites (tertiary alicyclic amines) is 1. The molecule has 0 saturated carbocycles. The fourth-order valence-corrected chi connectivity index (χ4v) is 4.94. The number of aromatic nitrogens is 2. The average molecular weight is 379 g/mol. The maximum Gasteiger partial charge on any atom is 0.233 e. The minimum atomic E-state index is 0.289. The van der Waals surface area contributed by atoms with Crippen molar-refractivity contribution in [3.8, 4) is 0 Å². The molecule has 0 spiro atoms. The quantitative estimate of drug-likeness (QED) is 0.751. The second-order valence-corrected chi connectivity index (χ2v) is 8.08. The van der Waals surface area contributed by atoms with E-state index >= 15 is 0 Å². The van der Waals surface area contributed by atoms with E-state index in [1.807, 2.05) is 22.4 Å². The smallest absolute Gasteiger partial charge is 0.233 e. The summed E-state index contributed by atoms with van der Waals surface area (Å²) in [5, 5.41) is 2.91. The first-order valence-corrected chi connectivity index (χ1v) is 10.2. The Morgan fingerprint density at radius 3 is 2.96 bits per heavy atom. The van der Waals surface area contributed by atoms with Crippen LogP contribution in [0.3, 0.4) is 0 Å². The largest absolute Gasteiger partial charge is 0.383 e. The SMILES string of the molecule is Nc1nc(N2CC(CCN3CCCC3=O)c3ccccc32)nc2sccc12. The lowest BCUT2D eigenvalue weighted by Gasteiger charge is -2.20. The lowest BCUT2D eigenvalue weighted by Crippen LogP contribution is -2.27. The molecule has 1 saturated heterocycles. The summed E-state index contributed by atoms with van der Waals surface area (Å²) in [7, 11) is 0. The number of hydrogen-bond acceptors (Lipinski definition) is 6. The van der Waals surface area contributed by atoms with Crippen LogP contribution in [-0.2, 0) is 4.79 Å². The summed E-state index contributed by atoms with van der Waals surface area (Å²) in [6, 6.07) is 10.4. The van der Waals surface area contributed by atoms with Gasteiger partial charge in [-0.15, -0.1) is 11.3 Å². The van der Waals surface area contributed by atoms with Crippen LogP contribution >= 0.6 is 11.3 Å². The molecule has 138 valence electrons. The van der Waals surface area contributed by atoms with Gasteiger partial charge in [0.25, 0.3) is 0 Å². The number of nitrogens with zero attached hydrogens (tertiary/aromatic N) is 4. The first-order chi connectivity index (χ1) is 13.2. The van der Waals surface area contributed by atoms with Gasteiger partial charge in [-0.1, -0.05) is 18.2 Å². The molecule has 2 aromatic heterocycles. The van der Waals surface area contributed by atoms with Crippen molar-refractivity contribution in [1.82, 2.24) is 14.9 Å². The Morgan fingerprint density at radius 1 is 1.22 bits per heavy atom. The molecular weight excluding hydrogens is 358 g/mol. The van der Waals surface area contributed by atoms with Gasteiger partial charge in [-0.05, 0) is 35.9 Å². The molecule has 7 heteroatoms. The molecule has 4 heterocycles. The number of anilines is 3. The number of para-hydroxylation sites is 1. The molecule has 1 amide bonds. The predicted octanol–water partition coefficient (Wildman–Crippen LogP) is 3.52. The van der Waals surface area contributed by atoms with Crippen LogP contribution < -0.4 is 10.6 Å². The molecule has 0 bridgehead atoms. The fourth-order valence-electron chi connectivity index (χ4n) is 4.17. The zero-order valence-corrected chi connectivity index (χ0v) is 15.8. The predicted molar refractivity (Wildman–Crippen MR) is 108 cm³/mol. The Kier molecular flexibility index (Phi) is 3.97. The van der Waals surface area contributed by atoms with Crippen LogP contribution in [0.5, 0.6) is 0 Å². The molecule has 2 N–H and O–H groups in total. The number of benzene rings is 1. The molecule has 1 atom stereocenters. The van der Waals surface area contributed by atoms with Crippen molar-refractivity contribution in [2.45, 2.75) is 25.2 Å². The van der Waals surface area contributed by atoms with Gasteiger partial charge in [0.1, 0.15) is 10.6 Å². The van der Waals surface area contributed by atoms with Crippen LogP contribution in [0.15, 0.2) is 35.7 Å². The monoisotopic (exact) mass is 379 g/mol. The van der Waals surface area contributed by atoms with E-state index in [9.17, 15) is 4.79 Å². The van der Waals surface area contributed by atoms with Crippen molar-refractivity contribution >= 4 is 44.9 Å². The highest BCUT2D eigenvalue weighted by molar-refractivity contribution is 7.16. The van der Waals surface area contributed by atoms with Crippen LogP contribution in [0, 0.1) is 0 Å². The Hall–Kier alpha value is -2.67. The van der Waals surface area contributed by atoms with Gasteiger partial charge in [-0.3, -0.25) is 4.79 Å². The maximum absolute atomic E-state index is 11.9. The summed E-state index contributed by atoms with van der Waals surface area (Å²) >= 11 is 1.58. The summed E-state index contributed by atoms with van der Waals surface area (Å²) in [5.41, 5.74) is 8.61. The Balaban J connectivity index is 1.44. The topological polar surface area (TPSA) is 75.3 Å². The van der Waals surface area contributed by atoms with Crippen LogP contribution in [0.2, 0.25) is 0 Å². The average Bonchev–Trinajstić information content (AvgIpc) is 3.38. The number of amides is 1. The van der Waals surface area contributed by atoms with Crippen molar-refractivity contribution < 1.29 is 4.79 Å². The molecule has 1 aromatic carbocycles. The number of thiophene rings is 1. The van der Waals surface area contributed by atoms with Gasteiger partial charge >= 0.3 is 0 Å². The summed E-state index contributed by atoms with van der Waals surface area (Å²) in [5.74, 6) is 1.84. The molecule has 0 aliphatic carbocycles. The molecule has 5 rings (SSSR count). The van der Waals surface area contributed by atoms with Crippen LogP contribution in [-0.4, -0.2) is 40.4 Å². The number of hydrogen-bond donors (Lipinski definition) is 1. The standard InChI is InChI=1S/C20H21N5OS/c21-18-15-8-11-27-19(15)23-20(22-18)25-12-13(14-4-1-2-5-16(14)25)7-10-24-9-3-6-17(24)26/h1-2,4-5,8,11,13H,3,6-7,9-10,12H2,(H2,21,22,23). The lowest BCUT2D eigenvalue weighted by atomic mass is 9.98. The van der Waals surface area contributed by atoms with Crippen molar-refractivity contribution in [3.05, 3.63) is 41.3 Å². The number of fused-ring (bicyclic) bond motifs is 2. The minimum absolute atomic E-state index is 0.289. The molecule has 1 unspecified atom stereocenters. The van der Waals surface area contributed by atoms with E-state index in [-0.39, 0.29) is 5.91 Å². The second kappa shape index (κ2) is 6.49. The number of carbonyl (C=O) groups excluding carboxylic acids is 1. The third kappa shape index (κ3) is 2.82. The van der Waals surface area contributed by atoms with Gasteiger partial charge in [-0.25, -0.2) is 4.98 Å². The number of carbonyl (C=O) groups is 1. The summed E-state index contributed by atoms with van der Waals surface area (Å²) in [4.78, 5) is 26.3. The second-order valence-electron chi connectivity index (χ2n) is 7.19. The van der Waals surface area contributed by atoms with Crippen molar-refractivity contribution in [3.63, 3.8) is 0 Å². The summed E-state index contributed by atoms with van der Waals surface area (Å²) in [6.45, 7) is 2.53. The van der Waals surface area contributed by atoms with Gasteiger partial charge in [0.15, 0.2) is 0 Å². The molecule has 2 aliphatic heterocycles. The number of nitrogen functional groups attached to an aromatic ring is 1. The highest BCUT2D eigenvalue weighted by Crippen LogP contribution is 2.42. The lowest BCUT2D eigenvalue weighted by molar-refractivity contribution is -0.127. The highest BCUT2D eigenvalue weighted by atomic mass is 32.1. The van der Waals surface area contributed by atoms with E-state index in [1.54, 1.807) is 11.3 Å². The summed E-state index contributed by atoms with van der Waals surface area (Å²) in [6.07, 6.45) is 2.64. The van der Waals surface area contributed by atoms with E-state index in [1.165, 1.54) is 5.56 Å². The molecular formula is C20H21N5OS. The number of rotatable bonds is 4. The summed E-state index contributed by atoms with van der Waals surface area (Å²) < 4.78 is 0. The van der Waals surface area contributed by atoms with Crippen molar-refractivity contribution in [2.75, 3.05) is 30.3 Å². The Labute approximate surface area is 161 Å². The van der Waals surface area contributed by atoms with E-state index in [0.717, 1.165) is 48.4 Å². The van der Waals surface area contributed by atoms with E-state index in [4.69, 9.17) is 10.7 Å². The normalized spacial score (nSPS) is 19.3. The molecule has 3 aromatic rings. The van der Waals surface area contributed by atoms with E-state index < -0.39 is 0 Å². The van der Waals surface area contributed by atoms with Gasteiger partial charge in [0, 0.05) is 37.7 Å². The fraction of sp³-hybridized carbons (Fsp3) is 0.350. The van der Waals surface area contributed by atoms with Gasteiger partial charge in [0.2, 0.25) is 11.9 Å². The molecule has 27 heavy (non-hydrogen) atoms. The Bertz CT molecular complexity index is 1020. The van der Waals surface area contributed by atoms with Gasteiger partial charge in [-0.2, -0.15) is 4.98 Å². The first-order valence-electron chi connectivity index (χ1n) is 9.35. The van der Waals surface area contributed by atoms with E-state index in [2.05, 4.69) is 28.1 Å².